The summed E-state index contributed by atoms with van der Waals surface area (Å²) < 4.78 is 0. The molecule has 1 heterocycles. The second-order valence-electron chi connectivity index (χ2n) is 3.16. The van der Waals surface area contributed by atoms with Gasteiger partial charge in [-0.3, -0.25) is 0 Å². The Hall–Kier alpha value is -1.68. The lowest BCUT2D eigenvalue weighted by molar-refractivity contribution is 1.07. The predicted molar refractivity (Wildman–Crippen MR) is 61.8 cm³/mol. The number of imidazole rings is 1. The predicted octanol–water partition coefficient (Wildman–Crippen LogP) is 2.26. The maximum absolute atomic E-state index is 5.86. The molecule has 0 aliphatic rings. The molecule has 15 heavy (non-hydrogen) atoms. The van der Waals surface area contributed by atoms with Crippen molar-refractivity contribution in [2.75, 3.05) is 11.1 Å². The fourth-order valence-electron chi connectivity index (χ4n) is 1.25. The molecular formula is C10H11ClN4. The van der Waals surface area contributed by atoms with Gasteiger partial charge >= 0.3 is 0 Å². The zero-order chi connectivity index (χ0) is 10.7. The number of anilines is 2. The van der Waals surface area contributed by atoms with E-state index in [9.17, 15) is 0 Å². The van der Waals surface area contributed by atoms with Crippen LogP contribution in [0, 0.1) is 0 Å². The Bertz CT molecular complexity index is 439. The van der Waals surface area contributed by atoms with Gasteiger partial charge in [0.25, 0.3) is 0 Å². The zero-order valence-electron chi connectivity index (χ0n) is 8.00. The highest BCUT2D eigenvalue weighted by molar-refractivity contribution is 6.31. The van der Waals surface area contributed by atoms with E-state index in [-0.39, 0.29) is 0 Å². The molecule has 2 aromatic rings. The van der Waals surface area contributed by atoms with Crippen LogP contribution in [-0.2, 0) is 6.54 Å². The highest BCUT2D eigenvalue weighted by Gasteiger charge is 2.00. The van der Waals surface area contributed by atoms with Crippen molar-refractivity contribution < 1.29 is 0 Å². The second-order valence-corrected chi connectivity index (χ2v) is 3.60. The van der Waals surface area contributed by atoms with E-state index in [4.69, 9.17) is 17.3 Å². The number of nitrogen functional groups attached to an aromatic ring is 1. The van der Waals surface area contributed by atoms with E-state index in [0.717, 1.165) is 11.4 Å². The van der Waals surface area contributed by atoms with E-state index in [2.05, 4.69) is 15.3 Å². The second kappa shape index (κ2) is 4.23. The average Bonchev–Trinajstić information content (AvgIpc) is 2.72. The minimum absolute atomic E-state index is 0.643. The maximum Gasteiger partial charge on any atom is 0.0922 e. The SMILES string of the molecule is Nc1ccc(Cl)cc1NCc1cnc[nH]1. The minimum Gasteiger partial charge on any atom is -0.397 e. The molecule has 0 fully saturated rings. The van der Waals surface area contributed by atoms with Crippen molar-refractivity contribution in [3.05, 3.63) is 41.4 Å². The highest BCUT2D eigenvalue weighted by atomic mass is 35.5. The van der Waals surface area contributed by atoms with Gasteiger partial charge in [-0.15, -0.1) is 0 Å². The Morgan fingerprint density at radius 1 is 1.47 bits per heavy atom. The lowest BCUT2D eigenvalue weighted by Crippen LogP contribution is -2.02. The van der Waals surface area contributed by atoms with Crippen molar-refractivity contribution in [1.82, 2.24) is 9.97 Å². The van der Waals surface area contributed by atoms with Crippen LogP contribution in [0.2, 0.25) is 5.02 Å². The van der Waals surface area contributed by atoms with E-state index >= 15 is 0 Å². The van der Waals surface area contributed by atoms with Crippen LogP contribution in [0.3, 0.4) is 0 Å². The molecule has 78 valence electrons. The number of hydrogen-bond acceptors (Lipinski definition) is 3. The van der Waals surface area contributed by atoms with Crippen LogP contribution >= 0.6 is 11.6 Å². The smallest absolute Gasteiger partial charge is 0.0922 e. The summed E-state index contributed by atoms with van der Waals surface area (Å²) in [7, 11) is 0. The fraction of sp³-hybridized carbons (Fsp3) is 0.100. The highest BCUT2D eigenvalue weighted by Crippen LogP contribution is 2.23. The molecule has 4 N–H and O–H groups in total. The van der Waals surface area contributed by atoms with Gasteiger partial charge in [0.15, 0.2) is 0 Å². The van der Waals surface area contributed by atoms with Crippen molar-refractivity contribution in [2.24, 2.45) is 0 Å². The van der Waals surface area contributed by atoms with Gasteiger partial charge in [-0.2, -0.15) is 0 Å². The molecule has 0 unspecified atom stereocenters. The summed E-state index contributed by atoms with van der Waals surface area (Å²) in [6.45, 7) is 0.643. The molecule has 1 aromatic carbocycles. The zero-order valence-corrected chi connectivity index (χ0v) is 8.75. The molecule has 0 atom stereocenters. The quantitative estimate of drug-likeness (QED) is 0.698. The van der Waals surface area contributed by atoms with Crippen LogP contribution < -0.4 is 11.1 Å². The van der Waals surface area contributed by atoms with E-state index in [0.29, 0.717) is 17.3 Å². The van der Waals surface area contributed by atoms with E-state index in [1.54, 1.807) is 30.7 Å². The fourth-order valence-corrected chi connectivity index (χ4v) is 1.43. The molecule has 0 amide bonds. The monoisotopic (exact) mass is 222 g/mol. The Balaban J connectivity index is 2.07. The molecule has 5 heteroatoms. The molecule has 0 aliphatic heterocycles. The van der Waals surface area contributed by atoms with Crippen molar-refractivity contribution in [2.45, 2.75) is 6.54 Å². The van der Waals surface area contributed by atoms with Crippen molar-refractivity contribution in [3.8, 4) is 0 Å². The van der Waals surface area contributed by atoms with Gasteiger partial charge in [0.2, 0.25) is 0 Å². The average molecular weight is 223 g/mol. The van der Waals surface area contributed by atoms with Gasteiger partial charge in [-0.05, 0) is 18.2 Å². The first-order valence-electron chi connectivity index (χ1n) is 4.52. The third kappa shape index (κ3) is 2.41. The summed E-state index contributed by atoms with van der Waals surface area (Å²) in [5, 5.41) is 3.84. The molecular weight excluding hydrogens is 212 g/mol. The lowest BCUT2D eigenvalue weighted by Gasteiger charge is -2.08. The first kappa shape index (κ1) is 9.86. The van der Waals surface area contributed by atoms with E-state index < -0.39 is 0 Å². The number of halogens is 1. The number of aromatic amines is 1. The first-order chi connectivity index (χ1) is 7.25. The van der Waals surface area contributed by atoms with Crippen LogP contribution in [0.25, 0.3) is 0 Å². The molecule has 0 bridgehead atoms. The largest absolute Gasteiger partial charge is 0.397 e. The molecule has 0 spiro atoms. The number of rotatable bonds is 3. The standard InChI is InChI=1S/C10H11ClN4/c11-7-1-2-9(12)10(3-7)14-5-8-4-13-6-15-8/h1-4,6,14H,5,12H2,(H,13,15). The Morgan fingerprint density at radius 2 is 2.33 bits per heavy atom. The Morgan fingerprint density at radius 3 is 3.07 bits per heavy atom. The van der Waals surface area contributed by atoms with Gasteiger partial charge in [0.05, 0.1) is 29.9 Å². The lowest BCUT2D eigenvalue weighted by atomic mass is 10.2. The summed E-state index contributed by atoms with van der Waals surface area (Å²) in [6.07, 6.45) is 3.39. The van der Waals surface area contributed by atoms with Crippen LogP contribution in [0.5, 0.6) is 0 Å². The number of hydrogen-bond donors (Lipinski definition) is 3. The number of H-pyrrole nitrogens is 1. The Kier molecular flexibility index (Phi) is 2.78. The van der Waals surface area contributed by atoms with Gasteiger partial charge in [0.1, 0.15) is 0 Å². The van der Waals surface area contributed by atoms with Gasteiger partial charge < -0.3 is 16.0 Å². The number of aromatic nitrogens is 2. The summed E-state index contributed by atoms with van der Waals surface area (Å²) in [4.78, 5) is 6.92. The van der Waals surface area contributed by atoms with Crippen LogP contribution in [-0.4, -0.2) is 9.97 Å². The third-order valence-corrected chi connectivity index (χ3v) is 2.27. The molecule has 4 nitrogen and oxygen atoms in total. The third-order valence-electron chi connectivity index (χ3n) is 2.04. The van der Waals surface area contributed by atoms with Gasteiger partial charge in [-0.25, -0.2) is 4.98 Å². The van der Waals surface area contributed by atoms with Crippen molar-refractivity contribution >= 4 is 23.0 Å². The summed E-state index contributed by atoms with van der Waals surface area (Å²) >= 11 is 5.86. The van der Waals surface area contributed by atoms with Gasteiger partial charge in [0, 0.05) is 11.2 Å². The summed E-state index contributed by atoms with van der Waals surface area (Å²) in [5.74, 6) is 0. The number of nitrogens with zero attached hydrogens (tertiary/aromatic N) is 1. The molecule has 0 saturated heterocycles. The number of benzene rings is 1. The minimum atomic E-state index is 0.643. The molecule has 0 radical (unpaired) electrons. The van der Waals surface area contributed by atoms with Crippen LogP contribution in [0.4, 0.5) is 11.4 Å². The van der Waals surface area contributed by atoms with E-state index in [1.165, 1.54) is 0 Å². The Labute approximate surface area is 92.5 Å². The molecule has 0 saturated carbocycles. The number of nitrogens with one attached hydrogen (secondary N) is 2. The van der Waals surface area contributed by atoms with Crippen molar-refractivity contribution in [1.29, 1.82) is 0 Å². The van der Waals surface area contributed by atoms with Crippen LogP contribution in [0.15, 0.2) is 30.7 Å². The number of nitrogens with two attached hydrogens (primary N) is 1. The maximum atomic E-state index is 5.86. The molecule has 2 rings (SSSR count). The normalized spacial score (nSPS) is 10.2. The van der Waals surface area contributed by atoms with E-state index in [1.807, 2.05) is 0 Å². The van der Waals surface area contributed by atoms with Gasteiger partial charge in [-0.1, -0.05) is 11.6 Å². The molecule has 0 aliphatic carbocycles. The topological polar surface area (TPSA) is 66.7 Å². The first-order valence-corrected chi connectivity index (χ1v) is 4.89. The summed E-state index contributed by atoms with van der Waals surface area (Å²) in [6, 6.07) is 5.34. The van der Waals surface area contributed by atoms with Crippen LogP contribution in [0.1, 0.15) is 5.69 Å². The molecule has 1 aromatic heterocycles. The van der Waals surface area contributed by atoms with Crippen molar-refractivity contribution in [3.63, 3.8) is 0 Å². The summed E-state index contributed by atoms with van der Waals surface area (Å²) in [5.41, 5.74) is 8.29.